The molecule has 0 saturated carbocycles. The number of nitrogens with zero attached hydrogens (tertiary/aromatic N) is 2. The number of ether oxygens (including phenoxy) is 3. The highest BCUT2D eigenvalue weighted by Crippen LogP contribution is 2.38. The van der Waals surface area contributed by atoms with Crippen molar-refractivity contribution in [1.29, 1.82) is 0 Å². The van der Waals surface area contributed by atoms with E-state index < -0.39 is 4.92 Å². The molecular weight excluding hydrogens is 304 g/mol. The number of aromatic nitrogens is 1. The molecule has 0 spiro atoms. The maximum absolute atomic E-state index is 11.0. The molecule has 2 aromatic rings. The Labute approximate surface area is 132 Å². The Morgan fingerprint density at radius 2 is 1.74 bits per heavy atom. The molecule has 1 heterocycles. The van der Waals surface area contributed by atoms with Crippen molar-refractivity contribution in [2.24, 2.45) is 0 Å². The summed E-state index contributed by atoms with van der Waals surface area (Å²) in [5, 5.41) is 14.6. The van der Waals surface area contributed by atoms with Crippen LogP contribution >= 0.6 is 0 Å². The second-order valence-corrected chi connectivity index (χ2v) is 4.53. The molecule has 0 aliphatic heterocycles. The van der Waals surface area contributed by atoms with Gasteiger partial charge < -0.3 is 18.7 Å². The van der Waals surface area contributed by atoms with Crippen LogP contribution in [0.25, 0.3) is 12.2 Å². The van der Waals surface area contributed by atoms with E-state index in [1.165, 1.54) is 34.3 Å². The fraction of sp³-hybridized carbons (Fsp3) is 0.267. The van der Waals surface area contributed by atoms with Gasteiger partial charge in [0.2, 0.25) is 11.5 Å². The highest BCUT2D eigenvalue weighted by Gasteiger charge is 2.22. The van der Waals surface area contributed by atoms with Gasteiger partial charge in [0, 0.05) is 0 Å². The van der Waals surface area contributed by atoms with Gasteiger partial charge in [0.15, 0.2) is 17.2 Å². The molecule has 0 aliphatic carbocycles. The van der Waals surface area contributed by atoms with Crippen LogP contribution in [0.2, 0.25) is 0 Å². The van der Waals surface area contributed by atoms with Gasteiger partial charge in [0.1, 0.15) is 0 Å². The Balaban J connectivity index is 2.42. The van der Waals surface area contributed by atoms with E-state index in [9.17, 15) is 10.1 Å². The van der Waals surface area contributed by atoms with E-state index >= 15 is 0 Å². The molecule has 1 aromatic carbocycles. The Bertz CT molecular complexity index is 725. The maximum Gasteiger partial charge on any atom is 0.338 e. The lowest BCUT2D eigenvalue weighted by Crippen LogP contribution is -1.95. The normalized spacial score (nSPS) is 10.8. The van der Waals surface area contributed by atoms with Gasteiger partial charge in [-0.2, -0.15) is 0 Å². The summed E-state index contributed by atoms with van der Waals surface area (Å²) in [6.45, 7) is 1.51. The highest BCUT2D eigenvalue weighted by atomic mass is 16.6. The van der Waals surface area contributed by atoms with Gasteiger partial charge in [0.05, 0.1) is 26.3 Å². The molecule has 0 amide bonds. The van der Waals surface area contributed by atoms with E-state index in [1.807, 2.05) is 0 Å². The molecule has 8 heteroatoms. The fourth-order valence-corrected chi connectivity index (χ4v) is 2.08. The van der Waals surface area contributed by atoms with E-state index in [4.69, 9.17) is 18.7 Å². The lowest BCUT2D eigenvalue weighted by Gasteiger charge is -2.12. The first-order chi connectivity index (χ1) is 11.0. The van der Waals surface area contributed by atoms with Crippen LogP contribution in [0.1, 0.15) is 17.0 Å². The average Bonchev–Trinajstić information content (AvgIpc) is 2.92. The quantitative estimate of drug-likeness (QED) is 0.596. The molecule has 122 valence electrons. The van der Waals surface area contributed by atoms with Crippen LogP contribution in [0, 0.1) is 17.0 Å². The Kier molecular flexibility index (Phi) is 4.85. The minimum absolute atomic E-state index is 0.0706. The molecule has 0 fully saturated rings. The van der Waals surface area contributed by atoms with Crippen molar-refractivity contribution in [2.75, 3.05) is 21.3 Å². The number of hydrogen-bond acceptors (Lipinski definition) is 7. The number of aryl methyl sites for hydroxylation is 1. The molecule has 2 rings (SSSR count). The van der Waals surface area contributed by atoms with Crippen molar-refractivity contribution >= 4 is 17.8 Å². The van der Waals surface area contributed by atoms with E-state index in [2.05, 4.69) is 5.16 Å². The standard InChI is InChI=1S/C15H16N2O6/c1-9-14(17(18)19)11(23-16-9)6-5-10-7-12(20-2)15(22-4)13(8-10)21-3/h5-8H,1-4H3/b6-5+. The first-order valence-electron chi connectivity index (χ1n) is 6.60. The molecule has 23 heavy (non-hydrogen) atoms. The average molecular weight is 320 g/mol. The molecule has 0 aliphatic rings. The number of methoxy groups -OCH3 is 3. The van der Waals surface area contributed by atoms with E-state index in [0.29, 0.717) is 22.8 Å². The van der Waals surface area contributed by atoms with Gasteiger partial charge in [0.25, 0.3) is 0 Å². The number of hydrogen-bond donors (Lipinski definition) is 0. The van der Waals surface area contributed by atoms with Gasteiger partial charge >= 0.3 is 5.69 Å². The van der Waals surface area contributed by atoms with Gasteiger partial charge in [-0.25, -0.2) is 0 Å². The van der Waals surface area contributed by atoms with Crippen molar-refractivity contribution < 1.29 is 23.7 Å². The summed E-state index contributed by atoms with van der Waals surface area (Å²) in [6.07, 6.45) is 3.11. The summed E-state index contributed by atoms with van der Waals surface area (Å²) < 4.78 is 20.7. The Morgan fingerprint density at radius 1 is 1.13 bits per heavy atom. The van der Waals surface area contributed by atoms with Gasteiger partial charge in [-0.15, -0.1) is 0 Å². The molecule has 0 unspecified atom stereocenters. The Morgan fingerprint density at radius 3 is 2.22 bits per heavy atom. The predicted octanol–water partition coefficient (Wildman–Crippen LogP) is 3.09. The van der Waals surface area contributed by atoms with Crippen LogP contribution in [-0.2, 0) is 0 Å². The van der Waals surface area contributed by atoms with Crippen LogP contribution in [0.4, 0.5) is 5.69 Å². The fourth-order valence-electron chi connectivity index (χ4n) is 2.08. The minimum Gasteiger partial charge on any atom is -0.493 e. The van der Waals surface area contributed by atoms with Crippen molar-refractivity contribution in [3.8, 4) is 17.2 Å². The van der Waals surface area contributed by atoms with E-state index in [-0.39, 0.29) is 17.1 Å². The minimum atomic E-state index is -0.527. The maximum atomic E-state index is 11.0. The van der Waals surface area contributed by atoms with Crippen molar-refractivity contribution in [3.05, 3.63) is 39.3 Å². The molecule has 0 atom stereocenters. The van der Waals surface area contributed by atoms with Crippen LogP contribution in [0.3, 0.4) is 0 Å². The predicted molar refractivity (Wildman–Crippen MR) is 82.9 cm³/mol. The SMILES string of the molecule is COc1cc(/C=C/c2onc(C)c2[N+](=O)[O-])cc(OC)c1OC. The van der Waals surface area contributed by atoms with E-state index in [0.717, 1.165) is 0 Å². The molecular formula is C15H16N2O6. The van der Waals surface area contributed by atoms with Crippen LogP contribution in [0.15, 0.2) is 16.7 Å². The number of rotatable bonds is 6. The summed E-state index contributed by atoms with van der Waals surface area (Å²) in [4.78, 5) is 10.5. The zero-order valence-corrected chi connectivity index (χ0v) is 13.2. The molecule has 1 aromatic heterocycles. The second kappa shape index (κ2) is 6.82. The highest BCUT2D eigenvalue weighted by molar-refractivity contribution is 5.74. The van der Waals surface area contributed by atoms with Gasteiger partial charge in [-0.3, -0.25) is 10.1 Å². The first kappa shape index (κ1) is 16.3. The zero-order valence-electron chi connectivity index (χ0n) is 13.2. The summed E-state index contributed by atoms with van der Waals surface area (Å²) >= 11 is 0. The third kappa shape index (κ3) is 3.25. The molecule has 0 radical (unpaired) electrons. The summed E-state index contributed by atoms with van der Waals surface area (Å²) in [7, 11) is 4.53. The third-order valence-electron chi connectivity index (χ3n) is 3.15. The second-order valence-electron chi connectivity index (χ2n) is 4.53. The van der Waals surface area contributed by atoms with Crippen molar-refractivity contribution in [2.45, 2.75) is 6.92 Å². The largest absolute Gasteiger partial charge is 0.493 e. The monoisotopic (exact) mass is 320 g/mol. The van der Waals surface area contributed by atoms with Crippen LogP contribution < -0.4 is 14.2 Å². The van der Waals surface area contributed by atoms with Crippen molar-refractivity contribution in [1.82, 2.24) is 5.16 Å². The Hall–Kier alpha value is -3.03. The topological polar surface area (TPSA) is 96.9 Å². The summed E-state index contributed by atoms with van der Waals surface area (Å²) in [5.41, 5.74) is 0.760. The van der Waals surface area contributed by atoms with Crippen LogP contribution in [0.5, 0.6) is 17.2 Å². The third-order valence-corrected chi connectivity index (χ3v) is 3.15. The lowest BCUT2D eigenvalue weighted by molar-refractivity contribution is -0.386. The molecule has 8 nitrogen and oxygen atoms in total. The lowest BCUT2D eigenvalue weighted by atomic mass is 10.1. The first-order valence-corrected chi connectivity index (χ1v) is 6.60. The number of nitro groups is 1. The summed E-state index contributed by atoms with van der Waals surface area (Å²) in [6, 6.07) is 3.43. The number of benzene rings is 1. The van der Waals surface area contributed by atoms with E-state index in [1.54, 1.807) is 18.2 Å². The zero-order chi connectivity index (χ0) is 17.0. The molecule has 0 saturated heterocycles. The van der Waals surface area contributed by atoms with Gasteiger partial charge in [-0.05, 0) is 30.7 Å². The molecule has 0 bridgehead atoms. The smallest absolute Gasteiger partial charge is 0.338 e. The van der Waals surface area contributed by atoms with Crippen molar-refractivity contribution in [3.63, 3.8) is 0 Å². The van der Waals surface area contributed by atoms with Crippen LogP contribution in [-0.4, -0.2) is 31.4 Å². The van der Waals surface area contributed by atoms with Gasteiger partial charge in [-0.1, -0.05) is 11.2 Å². The molecule has 0 N–H and O–H groups in total. The summed E-state index contributed by atoms with van der Waals surface area (Å²) in [5.74, 6) is 1.50.